The highest BCUT2D eigenvalue weighted by atomic mass is 16.6. The van der Waals surface area contributed by atoms with E-state index in [9.17, 15) is 14.4 Å². The third-order valence-electron chi connectivity index (χ3n) is 9.91. The number of rotatable bonds is 34. The Morgan fingerprint density at radius 1 is 0.661 bits per heavy atom. The van der Waals surface area contributed by atoms with Crippen molar-refractivity contribution >= 4 is 17.9 Å². The van der Waals surface area contributed by atoms with Crippen LogP contribution in [0.4, 0.5) is 0 Å². The number of carbonyl (C=O) groups is 3. The van der Waals surface area contributed by atoms with Gasteiger partial charge in [-0.25, -0.2) is 4.98 Å². The molecule has 2 rings (SSSR count). The summed E-state index contributed by atoms with van der Waals surface area (Å²) in [6.07, 6.45) is 44.1. The molecule has 0 N–H and O–H groups in total. The van der Waals surface area contributed by atoms with Crippen molar-refractivity contribution in [2.75, 3.05) is 13.2 Å². The smallest absolute Gasteiger partial charge is 0.312 e. The number of carbonyl (C=O) groups excluding carboxylic acids is 3. The molecule has 1 saturated heterocycles. The van der Waals surface area contributed by atoms with Crippen molar-refractivity contribution in [2.24, 2.45) is 7.05 Å². The Labute approximate surface area is 339 Å². The second-order valence-electron chi connectivity index (χ2n) is 15.2. The maximum absolute atomic E-state index is 13.0. The molecule has 0 amide bonds. The molecule has 9 nitrogen and oxygen atoms in total. The predicted molar refractivity (Wildman–Crippen MR) is 226 cm³/mol. The first-order valence-corrected chi connectivity index (χ1v) is 22.2. The molecular weight excluding hydrogens is 705 g/mol. The summed E-state index contributed by atoms with van der Waals surface area (Å²) in [6.45, 7) is 4.44. The van der Waals surface area contributed by atoms with Gasteiger partial charge in [-0.2, -0.15) is 0 Å². The van der Waals surface area contributed by atoms with Gasteiger partial charge in [-0.3, -0.25) is 14.4 Å². The maximum Gasteiger partial charge on any atom is 0.312 e. The number of nitrogens with zero attached hydrogens (tertiary/aromatic N) is 2. The topological polar surface area (TPSA) is 106 Å². The van der Waals surface area contributed by atoms with Gasteiger partial charge < -0.3 is 23.5 Å². The molecule has 0 spiro atoms. The van der Waals surface area contributed by atoms with E-state index in [0.717, 1.165) is 89.9 Å². The molecule has 1 aromatic heterocycles. The van der Waals surface area contributed by atoms with E-state index in [2.05, 4.69) is 67.4 Å². The monoisotopic (exact) mass is 781 g/mol. The van der Waals surface area contributed by atoms with Crippen molar-refractivity contribution in [3.63, 3.8) is 0 Å². The quantitative estimate of drug-likeness (QED) is 0.0294. The largest absolute Gasteiger partial charge is 0.462 e. The van der Waals surface area contributed by atoms with Crippen LogP contribution in [0.5, 0.6) is 0 Å². The number of aryl methyl sites for hydroxylation is 1. The van der Waals surface area contributed by atoms with Gasteiger partial charge in [0.15, 0.2) is 12.2 Å². The third kappa shape index (κ3) is 25.6. The van der Waals surface area contributed by atoms with E-state index in [1.807, 2.05) is 7.05 Å². The van der Waals surface area contributed by atoms with Gasteiger partial charge in [0.1, 0.15) is 12.7 Å². The van der Waals surface area contributed by atoms with Gasteiger partial charge in [-0.1, -0.05) is 127 Å². The Morgan fingerprint density at radius 2 is 1.14 bits per heavy atom. The fourth-order valence-electron chi connectivity index (χ4n) is 6.58. The molecule has 1 aromatic rings. The highest BCUT2D eigenvalue weighted by Crippen LogP contribution is 2.24. The van der Waals surface area contributed by atoms with Gasteiger partial charge in [-0.05, 0) is 77.0 Å². The number of hydrogen-bond acceptors (Lipinski definition) is 8. The van der Waals surface area contributed by atoms with E-state index in [1.54, 1.807) is 17.1 Å². The fraction of sp³-hybridized carbons (Fsp3) is 0.702. The van der Waals surface area contributed by atoms with Gasteiger partial charge in [0.05, 0.1) is 25.0 Å². The zero-order chi connectivity index (χ0) is 40.3. The summed E-state index contributed by atoms with van der Waals surface area (Å²) in [4.78, 5) is 42.5. The van der Waals surface area contributed by atoms with Crippen molar-refractivity contribution in [1.29, 1.82) is 0 Å². The van der Waals surface area contributed by atoms with Gasteiger partial charge in [0.2, 0.25) is 0 Å². The van der Waals surface area contributed by atoms with Crippen molar-refractivity contribution in [3.8, 4) is 0 Å². The van der Waals surface area contributed by atoms with Crippen LogP contribution in [0.1, 0.15) is 174 Å². The number of esters is 3. The van der Waals surface area contributed by atoms with Crippen LogP contribution in [0, 0.1) is 0 Å². The van der Waals surface area contributed by atoms with Crippen LogP contribution in [0.25, 0.3) is 0 Å². The van der Waals surface area contributed by atoms with E-state index >= 15 is 0 Å². The third-order valence-corrected chi connectivity index (χ3v) is 9.91. The van der Waals surface area contributed by atoms with Gasteiger partial charge >= 0.3 is 17.9 Å². The van der Waals surface area contributed by atoms with Crippen molar-refractivity contribution in [3.05, 3.63) is 66.8 Å². The Hall–Kier alpha value is -3.46. The zero-order valence-corrected chi connectivity index (χ0v) is 35.3. The summed E-state index contributed by atoms with van der Waals surface area (Å²) in [6, 6.07) is 0. The van der Waals surface area contributed by atoms with Crippen LogP contribution in [-0.2, 0) is 46.8 Å². The molecule has 2 heterocycles. The minimum absolute atomic E-state index is 0.0246. The van der Waals surface area contributed by atoms with Crippen molar-refractivity contribution in [2.45, 2.75) is 193 Å². The lowest BCUT2D eigenvalue weighted by atomic mass is 10.1. The standard InChI is InChI=1S/C47H76N2O7/c1-4-6-8-10-12-14-16-18-20-22-24-26-28-30-32-34-44(50)55-43-39-53-42(38-54-46(52)36-41-37-49(3)40-48-41)47(43)56-45(51)35-33-31-29-27-25-23-21-19-17-15-13-11-9-7-5-2/h12-15,18-21,37,40,42-43,47H,4-11,16-17,22-36,38-39H2,1-3H3/b14-12-,15-13-,20-18-,21-19-/t42-,43?,47+/m1/s1. The van der Waals surface area contributed by atoms with Crippen LogP contribution in [0.2, 0.25) is 0 Å². The summed E-state index contributed by atoms with van der Waals surface area (Å²) in [7, 11) is 1.83. The van der Waals surface area contributed by atoms with Crippen LogP contribution in [0.15, 0.2) is 61.1 Å². The number of unbranched alkanes of at least 4 members (excludes halogenated alkanes) is 16. The van der Waals surface area contributed by atoms with E-state index in [1.165, 1.54) is 51.4 Å². The molecule has 0 aliphatic carbocycles. The highest BCUT2D eigenvalue weighted by Gasteiger charge is 2.43. The van der Waals surface area contributed by atoms with Crippen LogP contribution < -0.4 is 0 Å². The average Bonchev–Trinajstić information content (AvgIpc) is 3.77. The summed E-state index contributed by atoms with van der Waals surface area (Å²) in [5, 5.41) is 0. The minimum Gasteiger partial charge on any atom is -0.462 e. The molecule has 9 heteroatoms. The van der Waals surface area contributed by atoms with Crippen molar-refractivity contribution in [1.82, 2.24) is 9.55 Å². The van der Waals surface area contributed by atoms with E-state index < -0.39 is 24.3 Å². The normalized spacial score (nSPS) is 17.2. The number of aromatic nitrogens is 2. The molecule has 1 unspecified atom stereocenters. The Kier molecular flexibility index (Phi) is 29.3. The fourth-order valence-corrected chi connectivity index (χ4v) is 6.58. The molecule has 316 valence electrons. The first kappa shape index (κ1) is 48.7. The molecule has 0 bridgehead atoms. The second-order valence-corrected chi connectivity index (χ2v) is 15.2. The summed E-state index contributed by atoms with van der Waals surface area (Å²) in [5.41, 5.74) is 0.602. The zero-order valence-electron chi connectivity index (χ0n) is 35.3. The number of imidazole rings is 1. The molecule has 1 fully saturated rings. The summed E-state index contributed by atoms with van der Waals surface area (Å²) < 4.78 is 24.8. The molecule has 0 radical (unpaired) electrons. The number of ether oxygens (including phenoxy) is 4. The van der Waals surface area contributed by atoms with E-state index in [-0.39, 0.29) is 38.0 Å². The molecule has 0 aromatic carbocycles. The second kappa shape index (κ2) is 33.7. The van der Waals surface area contributed by atoms with Crippen LogP contribution in [0.3, 0.4) is 0 Å². The van der Waals surface area contributed by atoms with Gasteiger partial charge in [-0.15, -0.1) is 0 Å². The number of hydrogen-bond donors (Lipinski definition) is 0. The molecule has 3 atom stereocenters. The first-order valence-electron chi connectivity index (χ1n) is 22.2. The lowest BCUT2D eigenvalue weighted by molar-refractivity contribution is -0.168. The molecule has 56 heavy (non-hydrogen) atoms. The van der Waals surface area contributed by atoms with Gasteiger partial charge in [0, 0.05) is 26.1 Å². The SMILES string of the molecule is CCCCC/C=C\C/C=C\CCCCCCCC(=O)OC1CO[C@H](COC(=O)Cc2cn(C)cn2)[C@@H]1OC(=O)CCCCCCC/C=C\C/C=C\CCCCC. The Balaban J connectivity index is 1.68. The molecule has 1 aliphatic rings. The van der Waals surface area contributed by atoms with Crippen molar-refractivity contribution < 1.29 is 33.3 Å². The summed E-state index contributed by atoms with van der Waals surface area (Å²) >= 11 is 0. The molecule has 0 saturated carbocycles. The average molecular weight is 781 g/mol. The Morgan fingerprint density at radius 3 is 1.64 bits per heavy atom. The lowest BCUT2D eigenvalue weighted by Gasteiger charge is -2.23. The molecular formula is C47H76N2O7. The lowest BCUT2D eigenvalue weighted by Crippen LogP contribution is -2.40. The highest BCUT2D eigenvalue weighted by molar-refractivity contribution is 5.72. The van der Waals surface area contributed by atoms with Crippen LogP contribution in [-0.4, -0.2) is 59.0 Å². The molecule has 1 aliphatic heterocycles. The predicted octanol–water partition coefficient (Wildman–Crippen LogP) is 11.4. The minimum atomic E-state index is -0.836. The maximum atomic E-state index is 13.0. The van der Waals surface area contributed by atoms with Gasteiger partial charge in [0.25, 0.3) is 0 Å². The summed E-state index contributed by atoms with van der Waals surface area (Å²) in [5.74, 6) is -1.14. The first-order chi connectivity index (χ1) is 27.4. The van der Waals surface area contributed by atoms with E-state index in [0.29, 0.717) is 12.1 Å². The Bertz CT molecular complexity index is 1280. The van der Waals surface area contributed by atoms with E-state index in [4.69, 9.17) is 18.9 Å². The number of allylic oxidation sites excluding steroid dienone is 8. The van der Waals surface area contributed by atoms with Crippen LogP contribution >= 0.6 is 0 Å².